The molecule has 1 amide bonds. The number of rotatable bonds is 6. The van der Waals surface area contributed by atoms with Gasteiger partial charge in [0, 0.05) is 5.69 Å². The molecule has 4 aromatic rings. The molecule has 29 heavy (non-hydrogen) atoms. The highest BCUT2D eigenvalue weighted by Crippen LogP contribution is 2.19. The number of benzene rings is 3. The average molecular weight is 386 g/mol. The maximum absolute atomic E-state index is 12.2. The van der Waals surface area contributed by atoms with E-state index in [2.05, 4.69) is 34.6 Å². The SMILES string of the molecule is CCc1ccc(-n2nc3ccc(NC(=O)COc4ccccc4C)cc3n2)cc1. The number of nitrogens with one attached hydrogen (secondary N) is 1. The third-order valence-corrected chi connectivity index (χ3v) is 4.69. The Kier molecular flexibility index (Phi) is 5.24. The maximum atomic E-state index is 12.2. The van der Waals surface area contributed by atoms with E-state index in [1.807, 2.05) is 61.5 Å². The molecule has 6 heteroatoms. The molecule has 3 aromatic carbocycles. The Hall–Kier alpha value is -3.67. The van der Waals surface area contributed by atoms with E-state index in [9.17, 15) is 4.79 Å². The molecule has 0 spiro atoms. The standard InChI is InChI=1S/C23H22N4O2/c1-3-17-8-11-19(12-9-17)27-25-20-13-10-18(14-21(20)26-27)24-23(28)15-29-22-7-5-4-6-16(22)2/h4-14H,3,15H2,1-2H3,(H,24,28). The minimum Gasteiger partial charge on any atom is -0.483 e. The van der Waals surface area contributed by atoms with Gasteiger partial charge in [-0.15, -0.1) is 10.2 Å². The van der Waals surface area contributed by atoms with E-state index < -0.39 is 0 Å². The molecule has 0 atom stereocenters. The molecular formula is C23H22N4O2. The van der Waals surface area contributed by atoms with Gasteiger partial charge in [-0.3, -0.25) is 4.79 Å². The summed E-state index contributed by atoms with van der Waals surface area (Å²) in [5.74, 6) is 0.477. The number of hydrogen-bond donors (Lipinski definition) is 1. The highest BCUT2D eigenvalue weighted by Gasteiger charge is 2.09. The summed E-state index contributed by atoms with van der Waals surface area (Å²) in [6.45, 7) is 4.01. The molecule has 0 aliphatic carbocycles. The van der Waals surface area contributed by atoms with Crippen LogP contribution in [-0.2, 0) is 11.2 Å². The lowest BCUT2D eigenvalue weighted by atomic mass is 10.2. The molecule has 4 rings (SSSR count). The fourth-order valence-corrected chi connectivity index (χ4v) is 3.03. The van der Waals surface area contributed by atoms with E-state index in [0.717, 1.165) is 23.2 Å². The molecule has 1 aromatic heterocycles. The van der Waals surface area contributed by atoms with Gasteiger partial charge in [-0.2, -0.15) is 4.80 Å². The van der Waals surface area contributed by atoms with Gasteiger partial charge in [-0.25, -0.2) is 0 Å². The fourth-order valence-electron chi connectivity index (χ4n) is 3.03. The molecule has 0 aliphatic rings. The van der Waals surface area contributed by atoms with Crippen LogP contribution in [0.1, 0.15) is 18.1 Å². The monoisotopic (exact) mass is 386 g/mol. The Morgan fingerprint density at radius 1 is 1.00 bits per heavy atom. The number of fused-ring (bicyclic) bond motifs is 1. The van der Waals surface area contributed by atoms with Gasteiger partial charge < -0.3 is 10.1 Å². The van der Waals surface area contributed by atoms with Crippen LogP contribution < -0.4 is 10.1 Å². The van der Waals surface area contributed by atoms with Crippen molar-refractivity contribution in [2.45, 2.75) is 20.3 Å². The molecule has 1 heterocycles. The van der Waals surface area contributed by atoms with E-state index in [1.54, 1.807) is 4.80 Å². The van der Waals surface area contributed by atoms with Crippen molar-refractivity contribution in [3.05, 3.63) is 77.9 Å². The number of hydrogen-bond acceptors (Lipinski definition) is 4. The second kappa shape index (κ2) is 8.14. The topological polar surface area (TPSA) is 69.0 Å². The number of nitrogens with zero attached hydrogens (tertiary/aromatic N) is 3. The molecule has 0 aliphatic heterocycles. The van der Waals surface area contributed by atoms with Gasteiger partial charge >= 0.3 is 0 Å². The zero-order valence-corrected chi connectivity index (χ0v) is 16.4. The van der Waals surface area contributed by atoms with Gasteiger partial charge in [0.1, 0.15) is 16.8 Å². The molecular weight excluding hydrogens is 364 g/mol. The molecule has 0 fully saturated rings. The average Bonchev–Trinajstić information content (AvgIpc) is 3.16. The predicted molar refractivity (Wildman–Crippen MR) is 114 cm³/mol. The van der Waals surface area contributed by atoms with Crippen LogP contribution in [-0.4, -0.2) is 27.5 Å². The van der Waals surface area contributed by atoms with Crippen molar-refractivity contribution in [1.29, 1.82) is 0 Å². The Bertz CT molecular complexity index is 1150. The van der Waals surface area contributed by atoms with Crippen molar-refractivity contribution in [1.82, 2.24) is 15.0 Å². The quantitative estimate of drug-likeness (QED) is 0.536. The van der Waals surface area contributed by atoms with Crippen LogP contribution in [0.5, 0.6) is 5.75 Å². The zero-order chi connectivity index (χ0) is 20.2. The van der Waals surface area contributed by atoms with Crippen molar-refractivity contribution in [2.75, 3.05) is 11.9 Å². The normalized spacial score (nSPS) is 10.8. The lowest BCUT2D eigenvalue weighted by molar-refractivity contribution is -0.118. The maximum Gasteiger partial charge on any atom is 0.262 e. The summed E-state index contributed by atoms with van der Waals surface area (Å²) in [7, 11) is 0. The fraction of sp³-hybridized carbons (Fsp3) is 0.174. The summed E-state index contributed by atoms with van der Waals surface area (Å²) in [6, 6.07) is 21.2. The van der Waals surface area contributed by atoms with Gasteiger partial charge in [-0.05, 0) is 60.9 Å². The number of aryl methyl sites for hydroxylation is 2. The third kappa shape index (κ3) is 4.27. The Morgan fingerprint density at radius 3 is 2.52 bits per heavy atom. The van der Waals surface area contributed by atoms with Crippen LogP contribution in [0.4, 0.5) is 5.69 Å². The Morgan fingerprint density at radius 2 is 1.76 bits per heavy atom. The lowest BCUT2D eigenvalue weighted by Crippen LogP contribution is -2.20. The van der Waals surface area contributed by atoms with Gasteiger partial charge in [0.2, 0.25) is 0 Å². The van der Waals surface area contributed by atoms with Gasteiger partial charge in [-0.1, -0.05) is 37.3 Å². The molecule has 1 N–H and O–H groups in total. The molecule has 0 bridgehead atoms. The predicted octanol–water partition coefficient (Wildman–Crippen LogP) is 4.31. The number of amides is 1. The first kappa shape index (κ1) is 18.7. The van der Waals surface area contributed by atoms with Crippen molar-refractivity contribution in [2.24, 2.45) is 0 Å². The Labute approximate surface area is 169 Å². The largest absolute Gasteiger partial charge is 0.483 e. The van der Waals surface area contributed by atoms with Crippen molar-refractivity contribution < 1.29 is 9.53 Å². The second-order valence-corrected chi connectivity index (χ2v) is 6.82. The van der Waals surface area contributed by atoms with Gasteiger partial charge in [0.25, 0.3) is 5.91 Å². The second-order valence-electron chi connectivity index (χ2n) is 6.82. The summed E-state index contributed by atoms with van der Waals surface area (Å²) in [4.78, 5) is 13.9. The number of anilines is 1. The van der Waals surface area contributed by atoms with Crippen LogP contribution in [0, 0.1) is 6.92 Å². The third-order valence-electron chi connectivity index (χ3n) is 4.69. The smallest absolute Gasteiger partial charge is 0.262 e. The van der Waals surface area contributed by atoms with Crippen LogP contribution in [0.15, 0.2) is 66.7 Å². The van der Waals surface area contributed by atoms with Crippen LogP contribution in [0.25, 0.3) is 16.7 Å². The molecule has 0 saturated heterocycles. The summed E-state index contributed by atoms with van der Waals surface area (Å²) in [5.41, 5.74) is 5.29. The molecule has 0 saturated carbocycles. The lowest BCUT2D eigenvalue weighted by Gasteiger charge is -2.09. The Balaban J connectivity index is 1.45. The first-order chi connectivity index (χ1) is 14.1. The summed E-state index contributed by atoms with van der Waals surface area (Å²) in [5, 5.41) is 11.9. The molecule has 146 valence electrons. The van der Waals surface area contributed by atoms with Crippen molar-refractivity contribution in [3.63, 3.8) is 0 Å². The number of carbonyl (C=O) groups is 1. The van der Waals surface area contributed by atoms with Gasteiger partial charge in [0.05, 0.1) is 5.69 Å². The van der Waals surface area contributed by atoms with E-state index in [-0.39, 0.29) is 12.5 Å². The molecule has 0 radical (unpaired) electrons. The minimum absolute atomic E-state index is 0.0562. The summed E-state index contributed by atoms with van der Waals surface area (Å²) >= 11 is 0. The van der Waals surface area contributed by atoms with Gasteiger partial charge in [0.15, 0.2) is 6.61 Å². The van der Waals surface area contributed by atoms with E-state index in [4.69, 9.17) is 4.74 Å². The summed E-state index contributed by atoms with van der Waals surface area (Å²) < 4.78 is 5.59. The van der Waals surface area contributed by atoms with Crippen LogP contribution >= 0.6 is 0 Å². The van der Waals surface area contributed by atoms with E-state index in [1.165, 1.54) is 5.56 Å². The van der Waals surface area contributed by atoms with Crippen LogP contribution in [0.2, 0.25) is 0 Å². The first-order valence-electron chi connectivity index (χ1n) is 9.57. The zero-order valence-electron chi connectivity index (χ0n) is 16.4. The van der Waals surface area contributed by atoms with E-state index >= 15 is 0 Å². The number of para-hydroxylation sites is 1. The van der Waals surface area contributed by atoms with E-state index in [0.29, 0.717) is 17.0 Å². The highest BCUT2D eigenvalue weighted by molar-refractivity contribution is 5.93. The van der Waals surface area contributed by atoms with Crippen LogP contribution in [0.3, 0.4) is 0 Å². The number of aromatic nitrogens is 3. The van der Waals surface area contributed by atoms with Crippen molar-refractivity contribution >= 4 is 22.6 Å². The first-order valence-corrected chi connectivity index (χ1v) is 9.57. The molecule has 6 nitrogen and oxygen atoms in total. The van der Waals surface area contributed by atoms with Crippen molar-refractivity contribution in [3.8, 4) is 11.4 Å². The molecule has 0 unspecified atom stereocenters. The highest BCUT2D eigenvalue weighted by atomic mass is 16.5. The number of ether oxygens (including phenoxy) is 1. The summed E-state index contributed by atoms with van der Waals surface area (Å²) in [6.07, 6.45) is 0.991. The minimum atomic E-state index is -0.227. The number of carbonyl (C=O) groups excluding carboxylic acids is 1.